The number of ether oxygens (including phenoxy) is 1. The van der Waals surface area contributed by atoms with Crippen LogP contribution in [0.2, 0.25) is 0 Å². The summed E-state index contributed by atoms with van der Waals surface area (Å²) in [5.41, 5.74) is 1.93. The molecule has 3 rings (SSSR count). The Morgan fingerprint density at radius 2 is 1.77 bits per heavy atom. The number of likely N-dealkylation sites (tertiary alicyclic amines) is 1. The molecule has 2 atom stereocenters. The Labute approximate surface area is 155 Å². The molecule has 1 N–H and O–H groups in total. The number of carbonyl (C=O) groups excluding carboxylic acids is 1. The average molecular weight is 353 g/mol. The lowest BCUT2D eigenvalue weighted by atomic mass is 9.84. The maximum Gasteiger partial charge on any atom is 0.223 e. The smallest absolute Gasteiger partial charge is 0.223 e. The normalized spacial score (nSPS) is 21.2. The number of amides is 1. The second-order valence-corrected chi connectivity index (χ2v) is 7.24. The Kier molecular flexibility index (Phi) is 6.07. The molecule has 1 aliphatic rings. The highest BCUT2D eigenvalue weighted by Crippen LogP contribution is 2.39. The molecular formula is C22H27NO3. The third-order valence-corrected chi connectivity index (χ3v) is 5.26. The van der Waals surface area contributed by atoms with Crippen LogP contribution in [0.1, 0.15) is 36.9 Å². The van der Waals surface area contributed by atoms with E-state index in [2.05, 4.69) is 19.1 Å². The molecule has 0 spiro atoms. The van der Waals surface area contributed by atoms with E-state index in [0.29, 0.717) is 32.6 Å². The highest BCUT2D eigenvalue weighted by atomic mass is 16.5. The molecule has 4 heteroatoms. The summed E-state index contributed by atoms with van der Waals surface area (Å²) in [6, 6.07) is 20.1. The topological polar surface area (TPSA) is 49.8 Å². The van der Waals surface area contributed by atoms with Crippen LogP contribution in [0.25, 0.3) is 0 Å². The fraction of sp³-hybridized carbons (Fsp3) is 0.409. The van der Waals surface area contributed by atoms with Crippen molar-refractivity contribution in [3.05, 3.63) is 71.8 Å². The number of aliphatic hydroxyl groups excluding tert-OH is 1. The van der Waals surface area contributed by atoms with E-state index >= 15 is 0 Å². The number of hydrogen-bond acceptors (Lipinski definition) is 3. The van der Waals surface area contributed by atoms with E-state index in [1.54, 1.807) is 0 Å². The number of carbonyl (C=O) groups is 1. The van der Waals surface area contributed by atoms with E-state index in [4.69, 9.17) is 4.74 Å². The zero-order valence-electron chi connectivity index (χ0n) is 15.3. The fourth-order valence-corrected chi connectivity index (χ4v) is 3.73. The van der Waals surface area contributed by atoms with Gasteiger partial charge < -0.3 is 14.7 Å². The Hall–Kier alpha value is -2.17. The molecule has 1 aliphatic heterocycles. The summed E-state index contributed by atoms with van der Waals surface area (Å²) in [6.07, 6.45) is 1.01. The SMILES string of the molecule is CC(c1ccccc1)N1C[C@](CCO)(COCc2ccccc2)CC1=O. The van der Waals surface area contributed by atoms with Gasteiger partial charge in [-0.2, -0.15) is 0 Å². The highest BCUT2D eigenvalue weighted by molar-refractivity contribution is 5.80. The molecule has 2 aromatic carbocycles. The van der Waals surface area contributed by atoms with Crippen molar-refractivity contribution >= 4 is 5.91 Å². The lowest BCUT2D eigenvalue weighted by Crippen LogP contribution is -2.34. The summed E-state index contributed by atoms with van der Waals surface area (Å²) >= 11 is 0. The quantitative estimate of drug-likeness (QED) is 0.789. The molecule has 0 aliphatic carbocycles. The highest BCUT2D eigenvalue weighted by Gasteiger charge is 2.44. The summed E-state index contributed by atoms with van der Waals surface area (Å²) in [4.78, 5) is 14.6. The van der Waals surface area contributed by atoms with Gasteiger partial charge in [-0.1, -0.05) is 60.7 Å². The van der Waals surface area contributed by atoms with Crippen molar-refractivity contribution in [3.63, 3.8) is 0 Å². The first-order valence-corrected chi connectivity index (χ1v) is 9.20. The monoisotopic (exact) mass is 353 g/mol. The van der Waals surface area contributed by atoms with Gasteiger partial charge in [-0.15, -0.1) is 0 Å². The summed E-state index contributed by atoms with van der Waals surface area (Å²) < 4.78 is 5.95. The van der Waals surface area contributed by atoms with Gasteiger partial charge in [-0.3, -0.25) is 4.79 Å². The van der Waals surface area contributed by atoms with E-state index in [0.717, 1.165) is 11.1 Å². The van der Waals surface area contributed by atoms with Gasteiger partial charge in [0.1, 0.15) is 0 Å². The van der Waals surface area contributed by atoms with E-state index in [1.807, 2.05) is 53.4 Å². The molecule has 0 saturated carbocycles. The van der Waals surface area contributed by atoms with Crippen molar-refractivity contribution in [2.24, 2.45) is 5.41 Å². The van der Waals surface area contributed by atoms with Gasteiger partial charge in [0.05, 0.1) is 19.3 Å². The van der Waals surface area contributed by atoms with Crippen molar-refractivity contribution in [2.75, 3.05) is 19.8 Å². The summed E-state index contributed by atoms with van der Waals surface area (Å²) in [6.45, 7) is 3.75. The Balaban J connectivity index is 1.66. The molecule has 26 heavy (non-hydrogen) atoms. The molecule has 0 bridgehead atoms. The molecule has 1 fully saturated rings. The van der Waals surface area contributed by atoms with Crippen molar-refractivity contribution in [3.8, 4) is 0 Å². The maximum atomic E-state index is 12.7. The van der Waals surface area contributed by atoms with Gasteiger partial charge in [-0.05, 0) is 24.5 Å². The molecule has 2 aromatic rings. The predicted octanol–water partition coefficient (Wildman–Crippen LogP) is 3.57. The van der Waals surface area contributed by atoms with Crippen LogP contribution in [-0.2, 0) is 16.1 Å². The van der Waals surface area contributed by atoms with Gasteiger partial charge in [0.25, 0.3) is 0 Å². The first-order chi connectivity index (χ1) is 12.6. The standard InChI is InChI=1S/C22H27NO3/c1-18(20-10-6-3-7-11-20)23-16-22(12-13-24,14-21(23)25)17-26-15-19-8-4-2-5-9-19/h2-11,18,24H,12-17H2,1H3/t18?,22-/m1/s1. The molecule has 1 saturated heterocycles. The predicted molar refractivity (Wildman–Crippen MR) is 101 cm³/mol. The molecular weight excluding hydrogens is 326 g/mol. The van der Waals surface area contributed by atoms with Gasteiger partial charge in [0.2, 0.25) is 5.91 Å². The van der Waals surface area contributed by atoms with Gasteiger partial charge >= 0.3 is 0 Å². The summed E-state index contributed by atoms with van der Waals surface area (Å²) in [5.74, 6) is 0.137. The minimum absolute atomic E-state index is 0.0263. The van der Waals surface area contributed by atoms with E-state index in [9.17, 15) is 9.90 Å². The zero-order valence-corrected chi connectivity index (χ0v) is 15.3. The van der Waals surface area contributed by atoms with Crippen molar-refractivity contribution in [1.29, 1.82) is 0 Å². The minimum atomic E-state index is -0.316. The van der Waals surface area contributed by atoms with Crippen molar-refractivity contribution in [2.45, 2.75) is 32.4 Å². The van der Waals surface area contributed by atoms with Crippen LogP contribution in [-0.4, -0.2) is 35.7 Å². The number of rotatable bonds is 8. The van der Waals surface area contributed by atoms with Gasteiger partial charge in [0.15, 0.2) is 0 Å². The minimum Gasteiger partial charge on any atom is -0.396 e. The van der Waals surface area contributed by atoms with E-state index in [1.165, 1.54) is 0 Å². The van der Waals surface area contributed by atoms with Crippen molar-refractivity contribution in [1.82, 2.24) is 4.90 Å². The number of nitrogens with zero attached hydrogens (tertiary/aromatic N) is 1. The molecule has 1 amide bonds. The fourth-order valence-electron chi connectivity index (χ4n) is 3.73. The van der Waals surface area contributed by atoms with Gasteiger partial charge in [-0.25, -0.2) is 0 Å². The number of benzene rings is 2. The molecule has 0 aromatic heterocycles. The first kappa shape index (κ1) is 18.6. The van der Waals surface area contributed by atoms with Crippen LogP contribution in [0.15, 0.2) is 60.7 Å². The van der Waals surface area contributed by atoms with Crippen LogP contribution in [0, 0.1) is 5.41 Å². The third-order valence-electron chi connectivity index (χ3n) is 5.26. The molecule has 0 radical (unpaired) electrons. The lowest BCUT2D eigenvalue weighted by molar-refractivity contribution is -0.129. The van der Waals surface area contributed by atoms with E-state index < -0.39 is 0 Å². The average Bonchev–Trinajstić information content (AvgIpc) is 2.99. The Bertz CT molecular complexity index is 704. The van der Waals surface area contributed by atoms with Crippen LogP contribution in [0.3, 0.4) is 0 Å². The van der Waals surface area contributed by atoms with E-state index in [-0.39, 0.29) is 24.0 Å². The van der Waals surface area contributed by atoms with Crippen LogP contribution in [0.4, 0.5) is 0 Å². The number of hydrogen-bond donors (Lipinski definition) is 1. The second-order valence-electron chi connectivity index (χ2n) is 7.24. The van der Waals surface area contributed by atoms with Crippen LogP contribution >= 0.6 is 0 Å². The maximum absolute atomic E-state index is 12.7. The molecule has 138 valence electrons. The summed E-state index contributed by atoms with van der Waals surface area (Å²) in [5, 5.41) is 9.55. The van der Waals surface area contributed by atoms with Crippen molar-refractivity contribution < 1.29 is 14.6 Å². The summed E-state index contributed by atoms with van der Waals surface area (Å²) in [7, 11) is 0. The first-order valence-electron chi connectivity index (χ1n) is 9.20. The largest absolute Gasteiger partial charge is 0.396 e. The zero-order chi connectivity index (χ0) is 18.4. The van der Waals surface area contributed by atoms with Crippen LogP contribution in [0.5, 0.6) is 0 Å². The molecule has 1 unspecified atom stereocenters. The van der Waals surface area contributed by atoms with Gasteiger partial charge in [0, 0.05) is 25.0 Å². The molecule has 4 nitrogen and oxygen atoms in total. The Morgan fingerprint density at radius 3 is 2.42 bits per heavy atom. The molecule has 1 heterocycles. The van der Waals surface area contributed by atoms with Crippen LogP contribution < -0.4 is 0 Å². The second kappa shape index (κ2) is 8.47. The number of aliphatic hydroxyl groups is 1. The third kappa shape index (κ3) is 4.32. The Morgan fingerprint density at radius 1 is 1.12 bits per heavy atom. The lowest BCUT2D eigenvalue weighted by Gasteiger charge is -2.30.